The quantitative estimate of drug-likeness (QED) is 0.515. The van der Waals surface area contributed by atoms with E-state index >= 15 is 0 Å². The van der Waals surface area contributed by atoms with Gasteiger partial charge in [-0.3, -0.25) is 0 Å². The molecule has 0 saturated heterocycles. The number of rotatable bonds is 5. The van der Waals surface area contributed by atoms with Gasteiger partial charge in [-0.15, -0.1) is 24.8 Å². The van der Waals surface area contributed by atoms with Crippen LogP contribution < -0.4 is 17.2 Å². The Morgan fingerprint density at radius 2 is 1.08 bits per heavy atom. The van der Waals surface area contributed by atoms with Crippen molar-refractivity contribution in [1.82, 2.24) is 0 Å². The summed E-state index contributed by atoms with van der Waals surface area (Å²) in [5.41, 5.74) is 15.3. The van der Waals surface area contributed by atoms with Crippen LogP contribution in [0.3, 0.4) is 0 Å². The van der Waals surface area contributed by atoms with E-state index in [2.05, 4.69) is 0 Å². The van der Waals surface area contributed by atoms with Crippen LogP contribution in [0.2, 0.25) is 0 Å². The van der Waals surface area contributed by atoms with Crippen molar-refractivity contribution in [3.05, 3.63) is 0 Å². The molecule has 0 unspecified atom stereocenters. The van der Waals surface area contributed by atoms with Crippen LogP contribution in [0.4, 0.5) is 0 Å². The first kappa shape index (κ1) is 23.8. The number of hydrogen-bond donors (Lipinski definition) is 3. The zero-order valence-corrected chi connectivity index (χ0v) is 11.2. The van der Waals surface area contributed by atoms with Crippen LogP contribution >= 0.6 is 46.4 Å². The molecule has 0 aliphatic rings. The van der Waals surface area contributed by atoms with Crippen LogP contribution in [0, 0.1) is 0 Å². The zero-order chi connectivity index (χ0) is 8.95. The molecule has 0 bridgehead atoms. The van der Waals surface area contributed by atoms with Crippen LogP contribution in [0.25, 0.3) is 0 Å². The molecule has 0 aliphatic carbocycles. The van der Waals surface area contributed by atoms with Gasteiger partial charge in [0.2, 0.25) is 0 Å². The average molecular weight is 270 g/mol. The summed E-state index contributed by atoms with van der Waals surface area (Å²) in [6, 6.07) is 0. The maximum atomic E-state index is 5.25. The molecule has 0 rings (SSSR count). The first-order chi connectivity index (χ1) is 5.33. The number of nitrogens with two attached hydrogens (primary N) is 3. The third-order valence-electron chi connectivity index (χ3n) is 0.486. The van der Waals surface area contributed by atoms with Gasteiger partial charge in [-0.05, 0) is 6.54 Å². The maximum absolute atomic E-state index is 5.25. The fourth-order valence-electron chi connectivity index (χ4n) is 0.214. The van der Waals surface area contributed by atoms with Gasteiger partial charge >= 0.3 is 0 Å². The van der Waals surface area contributed by atoms with Crippen molar-refractivity contribution in [3.8, 4) is 0 Å². The Morgan fingerprint density at radius 3 is 1.23 bits per heavy atom. The molecular weight excluding hydrogens is 249 g/mol. The molecule has 0 heterocycles. The number of hydrogen-bond acceptors (Lipinski definition) is 5. The molecule has 13 heavy (non-hydrogen) atoms. The van der Waals surface area contributed by atoms with Gasteiger partial charge in [0, 0.05) is 24.6 Å². The fraction of sp³-hybridized carbons (Fsp3) is 1.00. The summed E-state index contributed by atoms with van der Waals surface area (Å²) in [4.78, 5) is 0. The minimum atomic E-state index is 0. The first-order valence-corrected chi connectivity index (χ1v) is 6.16. The van der Waals surface area contributed by atoms with Crippen molar-refractivity contribution in [2.24, 2.45) is 17.2 Å². The molecule has 7 heteroatoms. The van der Waals surface area contributed by atoms with Crippen LogP contribution in [0.5, 0.6) is 0 Å². The van der Waals surface area contributed by atoms with Crippen molar-refractivity contribution in [2.75, 3.05) is 31.1 Å². The number of halogens is 2. The summed E-state index contributed by atoms with van der Waals surface area (Å²) in [7, 11) is 3.58. The van der Waals surface area contributed by atoms with Gasteiger partial charge in [0.15, 0.2) is 0 Å². The van der Waals surface area contributed by atoms with E-state index in [0.717, 1.165) is 31.1 Å². The van der Waals surface area contributed by atoms with Crippen molar-refractivity contribution >= 4 is 46.4 Å². The van der Waals surface area contributed by atoms with E-state index < -0.39 is 0 Å². The average Bonchev–Trinajstić information content (AvgIpc) is 2.00. The van der Waals surface area contributed by atoms with E-state index in [4.69, 9.17) is 17.2 Å². The lowest BCUT2D eigenvalue weighted by Crippen LogP contribution is -2.02. The second-order valence-corrected chi connectivity index (χ2v) is 4.33. The Labute approximate surface area is 102 Å². The molecule has 0 spiro atoms. The molecule has 0 aromatic heterocycles. The lowest BCUT2D eigenvalue weighted by molar-refractivity contribution is 1.14. The third-order valence-corrected chi connectivity index (χ3v) is 2.96. The van der Waals surface area contributed by atoms with E-state index in [-0.39, 0.29) is 24.8 Å². The fourth-order valence-corrected chi connectivity index (χ4v) is 1.93. The van der Waals surface area contributed by atoms with E-state index in [1.165, 1.54) is 0 Å². The Morgan fingerprint density at radius 1 is 0.846 bits per heavy atom. The van der Waals surface area contributed by atoms with Gasteiger partial charge in [0.05, 0.1) is 0 Å². The maximum Gasteiger partial charge on any atom is 0.0160 e. The van der Waals surface area contributed by atoms with Gasteiger partial charge in [-0.2, -0.15) is 0 Å². The third kappa shape index (κ3) is 43.2. The van der Waals surface area contributed by atoms with E-state index in [1.807, 2.05) is 6.92 Å². The van der Waals surface area contributed by atoms with Crippen LogP contribution in [-0.2, 0) is 0 Å². The SMILES string of the molecule is CCN.Cl.Cl.NCCSSCCN. The molecule has 0 aromatic carbocycles. The van der Waals surface area contributed by atoms with Crippen LogP contribution in [0.1, 0.15) is 6.92 Å². The van der Waals surface area contributed by atoms with Crippen molar-refractivity contribution in [2.45, 2.75) is 6.92 Å². The normalized spacial score (nSPS) is 7.38. The molecule has 86 valence electrons. The van der Waals surface area contributed by atoms with Gasteiger partial charge in [0.1, 0.15) is 0 Å². The molecule has 0 saturated carbocycles. The van der Waals surface area contributed by atoms with Gasteiger partial charge in [0.25, 0.3) is 0 Å². The molecule has 6 N–H and O–H groups in total. The highest BCUT2D eigenvalue weighted by atomic mass is 35.5. The first-order valence-electron chi connectivity index (χ1n) is 3.68. The highest BCUT2D eigenvalue weighted by molar-refractivity contribution is 8.76. The highest BCUT2D eigenvalue weighted by Crippen LogP contribution is 2.18. The lowest BCUT2D eigenvalue weighted by Gasteiger charge is -1.93. The summed E-state index contributed by atoms with van der Waals surface area (Å²) < 4.78 is 0. The minimum Gasteiger partial charge on any atom is -0.331 e. The predicted octanol–water partition coefficient (Wildman–Crippen LogP) is 1.09. The van der Waals surface area contributed by atoms with Crippen molar-refractivity contribution in [3.63, 3.8) is 0 Å². The van der Waals surface area contributed by atoms with Crippen LogP contribution in [-0.4, -0.2) is 31.1 Å². The Hall–Kier alpha value is 1.16. The largest absolute Gasteiger partial charge is 0.331 e. The molecule has 0 radical (unpaired) electrons. The second kappa shape index (κ2) is 29.2. The van der Waals surface area contributed by atoms with E-state index in [9.17, 15) is 0 Å². The topological polar surface area (TPSA) is 78.1 Å². The minimum absolute atomic E-state index is 0. The molecular formula is C6H21Cl2N3S2. The lowest BCUT2D eigenvalue weighted by atomic mass is 10.8. The summed E-state index contributed by atoms with van der Waals surface area (Å²) in [6.45, 7) is 4.18. The summed E-state index contributed by atoms with van der Waals surface area (Å²) in [5, 5.41) is 0. The highest BCUT2D eigenvalue weighted by Gasteiger charge is 1.84. The monoisotopic (exact) mass is 269 g/mol. The molecule has 0 aromatic rings. The standard InChI is InChI=1S/C4H12N2S2.C2H7N.2ClH/c5-1-3-7-8-4-2-6;1-2-3;;/h1-6H2;2-3H2,1H3;2*1H. The van der Waals surface area contributed by atoms with Crippen LogP contribution in [0.15, 0.2) is 0 Å². The second-order valence-electron chi connectivity index (χ2n) is 1.63. The molecule has 0 aliphatic heterocycles. The Bertz CT molecular complexity index is 57.1. The van der Waals surface area contributed by atoms with Crippen molar-refractivity contribution < 1.29 is 0 Å². The zero-order valence-electron chi connectivity index (χ0n) is 7.90. The van der Waals surface area contributed by atoms with Gasteiger partial charge in [-0.1, -0.05) is 28.5 Å². The molecule has 3 nitrogen and oxygen atoms in total. The Balaban J connectivity index is -0.0000000720. The summed E-state index contributed by atoms with van der Waals surface area (Å²) >= 11 is 0. The van der Waals surface area contributed by atoms with E-state index in [0.29, 0.717) is 0 Å². The van der Waals surface area contributed by atoms with Crippen molar-refractivity contribution in [1.29, 1.82) is 0 Å². The predicted molar refractivity (Wildman–Crippen MR) is 72.2 cm³/mol. The van der Waals surface area contributed by atoms with Gasteiger partial charge < -0.3 is 17.2 Å². The molecule has 0 amide bonds. The summed E-state index contributed by atoms with van der Waals surface area (Å²) in [6.07, 6.45) is 0. The van der Waals surface area contributed by atoms with E-state index in [1.54, 1.807) is 21.6 Å². The summed E-state index contributed by atoms with van der Waals surface area (Å²) in [5.74, 6) is 2.06. The molecule has 0 atom stereocenters. The van der Waals surface area contributed by atoms with Gasteiger partial charge in [-0.25, -0.2) is 0 Å². The smallest absolute Gasteiger partial charge is 0.0160 e. The molecule has 0 fully saturated rings. The Kier molecular flexibility index (Phi) is 53.4.